The summed E-state index contributed by atoms with van der Waals surface area (Å²) in [6.07, 6.45) is 9.99. The van der Waals surface area contributed by atoms with Crippen LogP contribution in [0.2, 0.25) is 0 Å². The molecule has 0 radical (unpaired) electrons. The predicted octanol–water partition coefficient (Wildman–Crippen LogP) is 3.82. The van der Waals surface area contributed by atoms with Gasteiger partial charge >= 0.3 is 0 Å². The average molecular weight is 329 g/mol. The van der Waals surface area contributed by atoms with E-state index < -0.39 is 0 Å². The second kappa shape index (κ2) is 8.66. The lowest BCUT2D eigenvalue weighted by molar-refractivity contribution is -0.123. The van der Waals surface area contributed by atoms with Gasteiger partial charge in [-0.05, 0) is 56.4 Å². The van der Waals surface area contributed by atoms with Crippen molar-refractivity contribution in [2.75, 3.05) is 0 Å². The van der Waals surface area contributed by atoms with E-state index >= 15 is 0 Å². The summed E-state index contributed by atoms with van der Waals surface area (Å²) in [6.45, 7) is 2.20. The van der Waals surface area contributed by atoms with Gasteiger partial charge in [0.05, 0.1) is 0 Å². The number of aryl methyl sites for hydroxylation is 1. The van der Waals surface area contributed by atoms with Crippen LogP contribution in [0.15, 0.2) is 30.3 Å². The van der Waals surface area contributed by atoms with Gasteiger partial charge in [-0.15, -0.1) is 0 Å². The summed E-state index contributed by atoms with van der Waals surface area (Å²) in [5.74, 6) is 0.855. The van der Waals surface area contributed by atoms with Crippen LogP contribution < -0.4 is 10.6 Å². The predicted molar refractivity (Wildman–Crippen MR) is 98.9 cm³/mol. The van der Waals surface area contributed by atoms with Gasteiger partial charge in [0, 0.05) is 24.5 Å². The Bertz CT molecular complexity index is 504. The van der Waals surface area contributed by atoms with Crippen LogP contribution in [0.4, 0.5) is 0 Å². The summed E-state index contributed by atoms with van der Waals surface area (Å²) in [7, 11) is 0. The maximum atomic E-state index is 12.5. The Balaban J connectivity index is 1.44. The molecule has 1 aromatic carbocycles. The van der Waals surface area contributed by atoms with Crippen molar-refractivity contribution in [2.45, 2.75) is 82.8 Å². The molecule has 1 amide bonds. The van der Waals surface area contributed by atoms with Gasteiger partial charge in [-0.2, -0.15) is 0 Å². The summed E-state index contributed by atoms with van der Waals surface area (Å²) in [6, 6.07) is 12.3. The zero-order valence-corrected chi connectivity index (χ0v) is 15.0. The Kier molecular flexibility index (Phi) is 6.30. The number of hydrogen-bond donors (Lipinski definition) is 2. The molecule has 2 aliphatic rings. The van der Waals surface area contributed by atoms with Crippen LogP contribution in [-0.2, 0) is 11.2 Å². The first-order chi connectivity index (χ1) is 11.7. The Morgan fingerprint density at radius 2 is 1.88 bits per heavy atom. The molecule has 2 heterocycles. The first kappa shape index (κ1) is 17.5. The summed E-state index contributed by atoms with van der Waals surface area (Å²) in [4.78, 5) is 12.5. The molecule has 1 aromatic rings. The van der Waals surface area contributed by atoms with E-state index in [1.807, 2.05) is 0 Å². The molecule has 3 atom stereocenters. The molecule has 2 bridgehead atoms. The molecule has 2 fully saturated rings. The Labute approximate surface area is 146 Å². The number of hydrogen-bond acceptors (Lipinski definition) is 2. The van der Waals surface area contributed by atoms with Crippen LogP contribution in [0.3, 0.4) is 0 Å². The van der Waals surface area contributed by atoms with Gasteiger partial charge in [0.15, 0.2) is 0 Å². The van der Waals surface area contributed by atoms with E-state index in [1.54, 1.807) is 0 Å². The van der Waals surface area contributed by atoms with E-state index in [1.165, 1.54) is 31.2 Å². The number of benzene rings is 1. The van der Waals surface area contributed by atoms with Crippen molar-refractivity contribution in [3.63, 3.8) is 0 Å². The first-order valence-electron chi connectivity index (χ1n) is 9.82. The maximum absolute atomic E-state index is 12.5. The van der Waals surface area contributed by atoms with Gasteiger partial charge in [-0.1, -0.05) is 43.7 Å². The number of amides is 1. The molecule has 2 N–H and O–H groups in total. The number of fused-ring (bicyclic) bond motifs is 2. The monoisotopic (exact) mass is 328 g/mol. The van der Waals surface area contributed by atoms with Crippen LogP contribution in [0.5, 0.6) is 0 Å². The molecule has 3 nitrogen and oxygen atoms in total. The maximum Gasteiger partial charge on any atom is 0.220 e. The standard InChI is InChI=1S/C21H32N2O/c1-2-6-18(10-9-16-7-4-3-5-8-16)23-21(24)15-17-13-19-11-12-20(14-17)22-19/h3-5,7-8,17-20,22H,2,6,9-15H2,1H3,(H,23,24). The molecule has 3 rings (SSSR count). The van der Waals surface area contributed by atoms with Crippen molar-refractivity contribution in [3.05, 3.63) is 35.9 Å². The molecule has 2 saturated heterocycles. The van der Waals surface area contributed by atoms with Gasteiger partial charge in [-0.25, -0.2) is 0 Å². The van der Waals surface area contributed by atoms with Gasteiger partial charge in [0.2, 0.25) is 5.91 Å². The van der Waals surface area contributed by atoms with E-state index in [4.69, 9.17) is 0 Å². The smallest absolute Gasteiger partial charge is 0.220 e. The molecular formula is C21H32N2O. The minimum absolute atomic E-state index is 0.271. The summed E-state index contributed by atoms with van der Waals surface area (Å²) >= 11 is 0. The van der Waals surface area contributed by atoms with Crippen LogP contribution >= 0.6 is 0 Å². The SMILES string of the molecule is CCCC(CCc1ccccc1)NC(=O)CC1CC2CCC(C1)N2. The van der Waals surface area contributed by atoms with Gasteiger partial charge in [0.1, 0.15) is 0 Å². The molecule has 2 aliphatic heterocycles. The van der Waals surface area contributed by atoms with Crippen molar-refractivity contribution in [1.29, 1.82) is 0 Å². The third-order valence-corrected chi connectivity index (χ3v) is 5.67. The Morgan fingerprint density at radius 3 is 2.54 bits per heavy atom. The number of rotatable bonds is 8. The molecule has 0 spiro atoms. The third kappa shape index (κ3) is 5.07. The zero-order valence-electron chi connectivity index (χ0n) is 15.0. The number of carbonyl (C=O) groups excluding carboxylic acids is 1. The van der Waals surface area contributed by atoms with Crippen molar-refractivity contribution >= 4 is 5.91 Å². The zero-order chi connectivity index (χ0) is 16.8. The largest absolute Gasteiger partial charge is 0.353 e. The lowest BCUT2D eigenvalue weighted by Gasteiger charge is -2.29. The van der Waals surface area contributed by atoms with E-state index in [0.717, 1.165) is 32.1 Å². The normalized spacial score (nSPS) is 27.0. The number of carbonyl (C=O) groups is 1. The lowest BCUT2D eigenvalue weighted by atomic mass is 9.89. The Hall–Kier alpha value is -1.35. The molecule has 0 saturated carbocycles. The second-order valence-corrected chi connectivity index (χ2v) is 7.76. The van der Waals surface area contributed by atoms with E-state index in [9.17, 15) is 4.79 Å². The Morgan fingerprint density at radius 1 is 1.17 bits per heavy atom. The third-order valence-electron chi connectivity index (χ3n) is 5.67. The second-order valence-electron chi connectivity index (χ2n) is 7.76. The van der Waals surface area contributed by atoms with Crippen molar-refractivity contribution < 1.29 is 4.79 Å². The molecule has 24 heavy (non-hydrogen) atoms. The van der Waals surface area contributed by atoms with Crippen molar-refractivity contribution in [1.82, 2.24) is 10.6 Å². The minimum atomic E-state index is 0.271. The summed E-state index contributed by atoms with van der Waals surface area (Å²) in [5, 5.41) is 6.99. The number of piperidine rings is 1. The lowest BCUT2D eigenvalue weighted by Crippen LogP contribution is -2.41. The van der Waals surface area contributed by atoms with Crippen LogP contribution in [0.1, 0.15) is 63.9 Å². The fraction of sp³-hybridized carbons (Fsp3) is 0.667. The molecule has 3 unspecified atom stereocenters. The fourth-order valence-electron chi connectivity index (χ4n) is 4.51. The summed E-state index contributed by atoms with van der Waals surface area (Å²) in [5.41, 5.74) is 1.36. The summed E-state index contributed by atoms with van der Waals surface area (Å²) < 4.78 is 0. The highest BCUT2D eigenvalue weighted by atomic mass is 16.1. The van der Waals surface area contributed by atoms with E-state index in [-0.39, 0.29) is 5.91 Å². The highest BCUT2D eigenvalue weighted by molar-refractivity contribution is 5.76. The molecule has 3 heteroatoms. The average Bonchev–Trinajstić information content (AvgIpc) is 2.92. The molecule has 0 aliphatic carbocycles. The topological polar surface area (TPSA) is 41.1 Å². The fourth-order valence-corrected chi connectivity index (χ4v) is 4.51. The molecule has 0 aromatic heterocycles. The van der Waals surface area contributed by atoms with Crippen LogP contribution in [-0.4, -0.2) is 24.0 Å². The highest BCUT2D eigenvalue weighted by Crippen LogP contribution is 2.32. The van der Waals surface area contributed by atoms with Crippen LogP contribution in [0.25, 0.3) is 0 Å². The minimum Gasteiger partial charge on any atom is -0.353 e. The molecular weight excluding hydrogens is 296 g/mol. The van der Waals surface area contributed by atoms with E-state index in [0.29, 0.717) is 24.0 Å². The quantitative estimate of drug-likeness (QED) is 0.761. The molecule has 132 valence electrons. The highest BCUT2D eigenvalue weighted by Gasteiger charge is 2.34. The van der Waals surface area contributed by atoms with Crippen molar-refractivity contribution in [3.8, 4) is 0 Å². The van der Waals surface area contributed by atoms with Gasteiger partial charge in [-0.3, -0.25) is 4.79 Å². The van der Waals surface area contributed by atoms with Gasteiger partial charge < -0.3 is 10.6 Å². The van der Waals surface area contributed by atoms with Crippen LogP contribution in [0, 0.1) is 5.92 Å². The van der Waals surface area contributed by atoms with Crippen molar-refractivity contribution in [2.24, 2.45) is 5.92 Å². The van der Waals surface area contributed by atoms with Gasteiger partial charge in [0.25, 0.3) is 0 Å². The van der Waals surface area contributed by atoms with E-state index in [2.05, 4.69) is 47.9 Å². The first-order valence-corrected chi connectivity index (χ1v) is 9.82. The number of nitrogens with one attached hydrogen (secondary N) is 2.